The van der Waals surface area contributed by atoms with Gasteiger partial charge in [-0.25, -0.2) is 14.6 Å². The number of nitrogens with zero attached hydrogens (tertiary/aromatic N) is 5. The normalized spacial score (nSPS) is 21.1. The third-order valence-electron chi connectivity index (χ3n) is 6.57. The van der Waals surface area contributed by atoms with Gasteiger partial charge in [-0.3, -0.25) is 4.79 Å². The largest absolute Gasteiger partial charge is 0.504 e. The van der Waals surface area contributed by atoms with Gasteiger partial charge in [0.05, 0.1) is 25.2 Å². The number of phenolic OH excluding ortho intramolecular Hbond substituents is 1. The van der Waals surface area contributed by atoms with Crippen LogP contribution in [0.2, 0.25) is 0 Å². The molecule has 13 heteroatoms. The van der Waals surface area contributed by atoms with Crippen LogP contribution in [0.5, 0.6) is 11.5 Å². The number of aliphatic hydroxyl groups excluding tert-OH is 2. The lowest BCUT2D eigenvalue weighted by Gasteiger charge is -2.17. The van der Waals surface area contributed by atoms with Crippen molar-refractivity contribution < 1.29 is 24.9 Å². The van der Waals surface area contributed by atoms with Gasteiger partial charge in [0.1, 0.15) is 6.10 Å². The van der Waals surface area contributed by atoms with Gasteiger partial charge in [-0.15, -0.1) is 5.10 Å². The Kier molecular flexibility index (Phi) is 9.23. The van der Waals surface area contributed by atoms with Gasteiger partial charge in [0.15, 0.2) is 33.6 Å². The summed E-state index contributed by atoms with van der Waals surface area (Å²) >= 11 is 1.53. The summed E-state index contributed by atoms with van der Waals surface area (Å²) in [5, 5.41) is 46.7. The first kappa shape index (κ1) is 27.9. The average molecular weight is 546 g/mol. The maximum absolute atomic E-state index is 13.0. The smallest absolute Gasteiger partial charge is 0.226 e. The minimum Gasteiger partial charge on any atom is -0.504 e. The molecule has 0 saturated heterocycles. The Morgan fingerprint density at radius 2 is 2.03 bits per heavy atom. The average Bonchev–Trinajstić information content (AvgIpc) is 3.47. The van der Waals surface area contributed by atoms with Gasteiger partial charge < -0.3 is 30.7 Å². The molecular weight excluding hydrogens is 510 g/mol. The van der Waals surface area contributed by atoms with Gasteiger partial charge in [0, 0.05) is 18.8 Å². The molecule has 12 nitrogen and oxygen atoms in total. The van der Waals surface area contributed by atoms with Gasteiger partial charge in [-0.1, -0.05) is 43.3 Å². The number of rotatable bonds is 12. The number of amides is 1. The van der Waals surface area contributed by atoms with Crippen molar-refractivity contribution in [2.24, 2.45) is 5.92 Å². The zero-order chi connectivity index (χ0) is 27.2. The molecule has 5 N–H and O–H groups in total. The number of phenols is 1. The molecule has 1 saturated carbocycles. The van der Waals surface area contributed by atoms with Crippen LogP contribution < -0.4 is 15.4 Å². The fourth-order valence-electron chi connectivity index (χ4n) is 4.46. The van der Waals surface area contributed by atoms with Gasteiger partial charge in [-0.2, -0.15) is 0 Å². The molecule has 3 aromatic rings. The number of hydrogen-bond donors (Lipinski definition) is 5. The number of unbranched alkanes of at least 4 members (excludes halogenated alkanes) is 1. The molecule has 2 heterocycles. The van der Waals surface area contributed by atoms with Crippen LogP contribution in [-0.2, 0) is 11.3 Å². The summed E-state index contributed by atoms with van der Waals surface area (Å²) in [7, 11) is 1.45. The summed E-state index contributed by atoms with van der Waals surface area (Å²) < 4.78 is 6.62. The van der Waals surface area contributed by atoms with Crippen molar-refractivity contribution in [3.05, 3.63) is 23.8 Å². The first-order chi connectivity index (χ1) is 18.4. The van der Waals surface area contributed by atoms with Crippen LogP contribution in [0.4, 0.5) is 5.82 Å². The highest BCUT2D eigenvalue weighted by Gasteiger charge is 2.47. The van der Waals surface area contributed by atoms with E-state index in [1.807, 2.05) is 0 Å². The number of carbonyl (C=O) groups is 1. The number of ether oxygens (including phenoxy) is 1. The molecular formula is C25H35N7O5S. The highest BCUT2D eigenvalue weighted by Crippen LogP contribution is 2.37. The van der Waals surface area contributed by atoms with E-state index in [4.69, 9.17) is 4.74 Å². The minimum absolute atomic E-state index is 0.00333. The van der Waals surface area contributed by atoms with Gasteiger partial charge in [-0.05, 0) is 37.0 Å². The number of aliphatic hydroxyl groups is 2. The van der Waals surface area contributed by atoms with E-state index in [1.165, 1.54) is 29.6 Å². The Morgan fingerprint density at radius 3 is 2.76 bits per heavy atom. The van der Waals surface area contributed by atoms with E-state index in [2.05, 4.69) is 44.8 Å². The molecule has 1 fully saturated rings. The topological polar surface area (TPSA) is 168 Å². The first-order valence-corrected chi connectivity index (χ1v) is 13.9. The molecule has 1 amide bonds. The summed E-state index contributed by atoms with van der Waals surface area (Å²) in [6.45, 7) is 5.09. The first-order valence-electron chi connectivity index (χ1n) is 12.9. The van der Waals surface area contributed by atoms with Crippen LogP contribution in [0.1, 0.15) is 51.1 Å². The summed E-state index contributed by atoms with van der Waals surface area (Å²) in [6.07, 6.45) is 0.600. The Labute approximate surface area is 225 Å². The number of thioether (sulfide) groups is 1. The number of benzene rings is 1. The fraction of sp³-hybridized carbons (Fsp3) is 0.560. The van der Waals surface area contributed by atoms with Gasteiger partial charge in [0.2, 0.25) is 5.91 Å². The Balaban J connectivity index is 1.53. The lowest BCUT2D eigenvalue weighted by molar-refractivity contribution is -0.129. The van der Waals surface area contributed by atoms with Crippen molar-refractivity contribution in [1.29, 1.82) is 0 Å². The maximum Gasteiger partial charge on any atom is 0.226 e. The third-order valence-corrected chi connectivity index (χ3v) is 7.63. The number of hydrogen-bond acceptors (Lipinski definition) is 11. The van der Waals surface area contributed by atoms with Crippen molar-refractivity contribution in [2.75, 3.05) is 24.7 Å². The molecule has 0 spiro atoms. The van der Waals surface area contributed by atoms with E-state index in [0.29, 0.717) is 27.9 Å². The van der Waals surface area contributed by atoms with Crippen LogP contribution in [0.3, 0.4) is 0 Å². The Bertz CT molecular complexity index is 1260. The number of carbonyl (C=O) groups excluding carboxylic acids is 1. The van der Waals surface area contributed by atoms with Gasteiger partial charge in [0.25, 0.3) is 0 Å². The lowest BCUT2D eigenvalue weighted by atomic mass is 10.0. The summed E-state index contributed by atoms with van der Waals surface area (Å²) in [5.74, 6) is 0.482. The van der Waals surface area contributed by atoms with E-state index < -0.39 is 30.1 Å². The molecule has 38 heavy (non-hydrogen) atoms. The van der Waals surface area contributed by atoms with E-state index in [0.717, 1.165) is 37.1 Å². The maximum atomic E-state index is 13.0. The van der Waals surface area contributed by atoms with E-state index in [9.17, 15) is 20.1 Å². The predicted molar refractivity (Wildman–Crippen MR) is 143 cm³/mol. The second kappa shape index (κ2) is 12.6. The second-order valence-electron chi connectivity index (χ2n) is 9.30. The molecule has 1 aliphatic rings. The summed E-state index contributed by atoms with van der Waals surface area (Å²) in [4.78, 5) is 22.3. The highest BCUT2D eigenvalue weighted by atomic mass is 32.2. The van der Waals surface area contributed by atoms with Gasteiger partial charge >= 0.3 is 0 Å². The Morgan fingerprint density at radius 1 is 1.21 bits per heavy atom. The second-order valence-corrected chi connectivity index (χ2v) is 10.4. The SMILES string of the molecule is CCCCNc1nc(SCCC)nc2c1nnn2[C@@H]1C[C@H](C(=O)NCc2ccc(O)c(OC)c2)[C@@H](O)[C@H]1O. The zero-order valence-corrected chi connectivity index (χ0v) is 22.6. The summed E-state index contributed by atoms with van der Waals surface area (Å²) in [5.41, 5.74) is 1.65. The monoisotopic (exact) mass is 545 g/mol. The molecule has 0 aliphatic heterocycles. The van der Waals surface area contributed by atoms with Crippen molar-refractivity contribution in [3.8, 4) is 11.5 Å². The highest BCUT2D eigenvalue weighted by molar-refractivity contribution is 7.99. The Hall–Kier alpha value is -3.16. The quantitative estimate of drug-likeness (QED) is 0.129. The molecule has 4 atom stereocenters. The number of aromatic hydroxyl groups is 1. The summed E-state index contributed by atoms with van der Waals surface area (Å²) in [6, 6.07) is 4.09. The zero-order valence-electron chi connectivity index (χ0n) is 21.8. The predicted octanol–water partition coefficient (Wildman–Crippen LogP) is 2.25. The van der Waals surface area contributed by atoms with Crippen LogP contribution in [0, 0.1) is 5.92 Å². The molecule has 4 rings (SSSR count). The van der Waals surface area contributed by atoms with Crippen molar-refractivity contribution in [2.45, 2.75) is 69.5 Å². The number of methoxy groups -OCH3 is 1. The number of fused-ring (bicyclic) bond motifs is 1. The molecule has 1 aromatic carbocycles. The fourth-order valence-corrected chi connectivity index (χ4v) is 5.16. The van der Waals surface area contributed by atoms with Crippen LogP contribution in [0.15, 0.2) is 23.4 Å². The number of nitrogens with one attached hydrogen (secondary N) is 2. The van der Waals surface area contributed by atoms with Crippen molar-refractivity contribution in [1.82, 2.24) is 30.3 Å². The van der Waals surface area contributed by atoms with E-state index in [1.54, 1.807) is 12.1 Å². The van der Waals surface area contributed by atoms with Crippen LogP contribution in [0.25, 0.3) is 11.2 Å². The molecule has 206 valence electrons. The van der Waals surface area contributed by atoms with E-state index in [-0.39, 0.29) is 18.7 Å². The molecule has 2 aromatic heterocycles. The molecule has 0 unspecified atom stereocenters. The molecule has 0 bridgehead atoms. The van der Waals surface area contributed by atoms with Crippen LogP contribution in [-0.4, -0.2) is 77.8 Å². The molecule has 0 radical (unpaired) electrons. The minimum atomic E-state index is -1.29. The third kappa shape index (κ3) is 5.94. The van der Waals surface area contributed by atoms with E-state index >= 15 is 0 Å². The number of anilines is 1. The van der Waals surface area contributed by atoms with Crippen molar-refractivity contribution in [3.63, 3.8) is 0 Å². The lowest BCUT2D eigenvalue weighted by Crippen LogP contribution is -2.38. The number of aromatic nitrogens is 5. The van der Waals surface area contributed by atoms with Crippen molar-refractivity contribution >= 4 is 34.7 Å². The van der Waals surface area contributed by atoms with Crippen LogP contribution >= 0.6 is 11.8 Å². The standard InChI is InChI=1S/C25H35N7O5S/c1-4-6-9-26-22-19-23(29-25(28-22)38-10-5-2)32(31-30-19)16-12-15(20(34)21(16)35)24(36)27-13-14-7-8-17(33)18(11-14)37-3/h7-8,11,15-16,20-21,33-35H,4-6,9-10,12-13H2,1-3H3,(H,27,36)(H,26,28,29)/t15-,16+,20+,21-/m0/s1. The molecule has 1 aliphatic carbocycles.